The number of nitrogens with zero attached hydrogens (tertiary/aromatic N) is 2. The van der Waals surface area contributed by atoms with Crippen LogP contribution in [-0.2, 0) is 20.7 Å². The maximum Gasteiger partial charge on any atom is 0.321 e. The fourth-order valence-electron chi connectivity index (χ4n) is 3.08. The molecule has 2 N–H and O–H groups in total. The molecule has 0 unspecified atom stereocenters. The minimum absolute atomic E-state index is 0.0255. The number of carbonyl (C=O) groups excluding carboxylic acids is 3. The molecule has 0 radical (unpaired) electrons. The maximum atomic E-state index is 12.0. The van der Waals surface area contributed by atoms with Crippen molar-refractivity contribution >= 4 is 17.9 Å². The summed E-state index contributed by atoms with van der Waals surface area (Å²) in [6.45, 7) is 1.41. The molecule has 1 aromatic heterocycles. The van der Waals surface area contributed by atoms with E-state index in [2.05, 4.69) is 20.8 Å². The van der Waals surface area contributed by atoms with Crippen LogP contribution in [0.1, 0.15) is 44.9 Å². The molecule has 2 aromatic rings. The summed E-state index contributed by atoms with van der Waals surface area (Å²) in [6.07, 6.45) is 3.04. The number of amides is 3. The molecule has 0 aliphatic heterocycles. The Hall–Kier alpha value is -3.23. The smallest absolute Gasteiger partial charge is 0.321 e. The van der Waals surface area contributed by atoms with Gasteiger partial charge in [-0.25, -0.2) is 4.79 Å². The van der Waals surface area contributed by atoms with E-state index in [1.165, 1.54) is 6.92 Å². The third-order valence-corrected chi connectivity index (χ3v) is 4.65. The van der Waals surface area contributed by atoms with Gasteiger partial charge in [0, 0.05) is 18.0 Å². The molecule has 1 aliphatic rings. The predicted octanol–water partition coefficient (Wildman–Crippen LogP) is 2.37. The highest BCUT2D eigenvalue weighted by Gasteiger charge is 2.23. The van der Waals surface area contributed by atoms with E-state index in [4.69, 9.17) is 9.26 Å². The van der Waals surface area contributed by atoms with Crippen molar-refractivity contribution in [3.05, 3.63) is 36.2 Å². The Bertz CT molecular complexity index is 846. The molecule has 0 saturated heterocycles. The normalized spacial score (nSPS) is 14.9. The van der Waals surface area contributed by atoms with Gasteiger partial charge in [-0.3, -0.25) is 14.9 Å². The zero-order chi connectivity index (χ0) is 20.6. The molecular formula is C20H24N4O5. The lowest BCUT2D eigenvalue weighted by atomic mass is 10.2. The van der Waals surface area contributed by atoms with Gasteiger partial charge < -0.3 is 14.6 Å². The van der Waals surface area contributed by atoms with Crippen molar-refractivity contribution in [2.75, 3.05) is 0 Å². The van der Waals surface area contributed by atoms with Gasteiger partial charge in [0.05, 0.1) is 6.42 Å². The first-order valence-corrected chi connectivity index (χ1v) is 9.70. The Labute approximate surface area is 168 Å². The molecular weight excluding hydrogens is 376 g/mol. The fraction of sp³-hybridized carbons (Fsp3) is 0.450. The van der Waals surface area contributed by atoms with Crippen LogP contribution < -0.4 is 10.6 Å². The lowest BCUT2D eigenvalue weighted by Gasteiger charge is -2.15. The molecule has 1 heterocycles. The largest absolute Gasteiger partial charge is 0.453 e. The van der Waals surface area contributed by atoms with Gasteiger partial charge in [0.25, 0.3) is 5.91 Å². The number of aromatic nitrogens is 2. The summed E-state index contributed by atoms with van der Waals surface area (Å²) in [5.41, 5.74) is 0.811. The molecule has 154 valence electrons. The third-order valence-electron chi connectivity index (χ3n) is 4.65. The average molecular weight is 400 g/mol. The molecule has 1 fully saturated rings. The summed E-state index contributed by atoms with van der Waals surface area (Å²) >= 11 is 0. The summed E-state index contributed by atoms with van der Waals surface area (Å²) in [5.74, 6) is -0.523. The predicted molar refractivity (Wildman–Crippen MR) is 103 cm³/mol. The summed E-state index contributed by atoms with van der Waals surface area (Å²) in [7, 11) is 0. The summed E-state index contributed by atoms with van der Waals surface area (Å²) in [6, 6.07) is 8.85. The van der Waals surface area contributed by atoms with Crippen molar-refractivity contribution in [1.29, 1.82) is 0 Å². The van der Waals surface area contributed by atoms with Gasteiger partial charge in [0.15, 0.2) is 6.10 Å². The van der Waals surface area contributed by atoms with Crippen LogP contribution in [-0.4, -0.2) is 40.2 Å². The number of esters is 1. The lowest BCUT2D eigenvalue weighted by Crippen LogP contribution is -2.47. The van der Waals surface area contributed by atoms with Crippen molar-refractivity contribution in [2.24, 2.45) is 0 Å². The van der Waals surface area contributed by atoms with Crippen LogP contribution in [0.4, 0.5) is 4.79 Å². The maximum absolute atomic E-state index is 12.0. The second kappa shape index (κ2) is 9.81. The minimum atomic E-state index is -1.08. The van der Waals surface area contributed by atoms with Crippen LogP contribution >= 0.6 is 0 Å². The number of rotatable bonds is 7. The Balaban J connectivity index is 1.40. The Morgan fingerprint density at radius 2 is 1.93 bits per heavy atom. The number of carbonyl (C=O) groups is 3. The van der Waals surface area contributed by atoms with Crippen molar-refractivity contribution in [3.8, 4) is 11.4 Å². The molecule has 1 atom stereocenters. The first-order valence-electron chi connectivity index (χ1n) is 9.70. The molecule has 1 aromatic carbocycles. The first-order chi connectivity index (χ1) is 14.0. The lowest BCUT2D eigenvalue weighted by molar-refractivity contribution is -0.154. The van der Waals surface area contributed by atoms with Gasteiger partial charge in [-0.15, -0.1) is 0 Å². The first kappa shape index (κ1) is 20.5. The number of benzene rings is 1. The SMILES string of the molecule is C[C@@H](OC(=O)CCc1nc(-c2ccccc2)no1)C(=O)NC(=O)NC1CCCC1. The number of aryl methyl sites for hydroxylation is 1. The molecule has 0 bridgehead atoms. The van der Waals surface area contributed by atoms with Gasteiger partial charge in [-0.2, -0.15) is 4.98 Å². The van der Waals surface area contributed by atoms with E-state index in [9.17, 15) is 14.4 Å². The molecule has 1 aliphatic carbocycles. The summed E-state index contributed by atoms with van der Waals surface area (Å²) in [4.78, 5) is 40.0. The second-order valence-corrected chi connectivity index (χ2v) is 6.95. The molecule has 3 rings (SSSR count). The van der Waals surface area contributed by atoms with Gasteiger partial charge in [0.2, 0.25) is 11.7 Å². The van der Waals surface area contributed by atoms with Gasteiger partial charge in [-0.1, -0.05) is 48.3 Å². The van der Waals surface area contributed by atoms with Crippen molar-refractivity contribution in [1.82, 2.24) is 20.8 Å². The number of ether oxygens (including phenoxy) is 1. The fourth-order valence-corrected chi connectivity index (χ4v) is 3.08. The van der Waals surface area contributed by atoms with Crippen molar-refractivity contribution < 1.29 is 23.6 Å². The third kappa shape index (κ3) is 6.13. The quantitative estimate of drug-likeness (QED) is 0.684. The van der Waals surface area contributed by atoms with Crippen LogP contribution in [0, 0.1) is 0 Å². The zero-order valence-electron chi connectivity index (χ0n) is 16.2. The number of nitrogens with one attached hydrogen (secondary N) is 2. The number of urea groups is 1. The van der Waals surface area contributed by atoms with Crippen LogP contribution in [0.3, 0.4) is 0 Å². The van der Waals surface area contributed by atoms with Crippen molar-refractivity contribution in [2.45, 2.75) is 57.6 Å². The van der Waals surface area contributed by atoms with Crippen LogP contribution in [0.5, 0.6) is 0 Å². The highest BCUT2D eigenvalue weighted by molar-refractivity contribution is 5.97. The molecule has 29 heavy (non-hydrogen) atoms. The number of hydrogen-bond donors (Lipinski definition) is 2. The van der Waals surface area contributed by atoms with Gasteiger partial charge in [-0.05, 0) is 19.8 Å². The number of hydrogen-bond acceptors (Lipinski definition) is 7. The van der Waals surface area contributed by atoms with Crippen LogP contribution in [0.15, 0.2) is 34.9 Å². The Morgan fingerprint density at radius 1 is 1.21 bits per heavy atom. The second-order valence-electron chi connectivity index (χ2n) is 6.95. The molecule has 3 amide bonds. The van der Waals surface area contributed by atoms with Crippen molar-refractivity contribution in [3.63, 3.8) is 0 Å². The van der Waals surface area contributed by atoms with E-state index in [1.807, 2.05) is 30.3 Å². The highest BCUT2D eigenvalue weighted by atomic mass is 16.5. The molecule has 0 spiro atoms. The monoisotopic (exact) mass is 400 g/mol. The minimum Gasteiger partial charge on any atom is -0.453 e. The highest BCUT2D eigenvalue weighted by Crippen LogP contribution is 2.17. The van der Waals surface area contributed by atoms with E-state index in [1.54, 1.807) is 0 Å². The van der Waals surface area contributed by atoms with E-state index in [0.29, 0.717) is 11.7 Å². The van der Waals surface area contributed by atoms with Crippen LogP contribution in [0.25, 0.3) is 11.4 Å². The standard InChI is InChI=1S/C20H24N4O5/c1-13(19(26)23-20(27)21-15-9-5-6-10-15)28-17(25)12-11-16-22-18(24-29-16)14-7-3-2-4-8-14/h2-4,7-8,13,15H,5-6,9-12H2,1H3,(H2,21,23,26,27)/t13-/m1/s1. The van der Waals surface area contributed by atoms with Crippen LogP contribution in [0.2, 0.25) is 0 Å². The van der Waals surface area contributed by atoms with Gasteiger partial charge >= 0.3 is 12.0 Å². The Morgan fingerprint density at radius 3 is 2.66 bits per heavy atom. The van der Waals surface area contributed by atoms with Gasteiger partial charge in [0.1, 0.15) is 0 Å². The van der Waals surface area contributed by atoms with E-state index in [-0.39, 0.29) is 18.9 Å². The average Bonchev–Trinajstić information content (AvgIpc) is 3.39. The summed E-state index contributed by atoms with van der Waals surface area (Å²) in [5, 5.41) is 8.82. The van der Waals surface area contributed by atoms with E-state index in [0.717, 1.165) is 31.2 Å². The topological polar surface area (TPSA) is 123 Å². The summed E-state index contributed by atoms with van der Waals surface area (Å²) < 4.78 is 10.2. The molecule has 9 heteroatoms. The molecule has 9 nitrogen and oxygen atoms in total. The zero-order valence-corrected chi connectivity index (χ0v) is 16.2. The van der Waals surface area contributed by atoms with E-state index >= 15 is 0 Å². The Kier molecular flexibility index (Phi) is 6.94. The van der Waals surface area contributed by atoms with E-state index < -0.39 is 24.0 Å². The molecule has 1 saturated carbocycles. The number of imide groups is 1.